The van der Waals surface area contributed by atoms with Gasteiger partial charge in [0, 0.05) is 5.92 Å². The summed E-state index contributed by atoms with van der Waals surface area (Å²) in [5.41, 5.74) is 1.84. The number of aliphatic imine (C=N–C) groups is 1. The highest BCUT2D eigenvalue weighted by Crippen LogP contribution is 2.48. The van der Waals surface area contributed by atoms with Crippen molar-refractivity contribution in [1.29, 1.82) is 0 Å². The molecule has 0 aromatic heterocycles. The number of hydrogen-bond donors (Lipinski definition) is 7. The van der Waals surface area contributed by atoms with Crippen molar-refractivity contribution >= 4 is 11.9 Å². The number of aliphatic hydroxyl groups excluding tert-OH is 4. The topological polar surface area (TPSA) is 178 Å². The molecule has 0 amide bonds. The van der Waals surface area contributed by atoms with E-state index in [1.165, 1.54) is 0 Å². The van der Waals surface area contributed by atoms with E-state index in [0.29, 0.717) is 0 Å². The number of ether oxygens (including phenoxy) is 1. The van der Waals surface area contributed by atoms with Gasteiger partial charge in [0.15, 0.2) is 24.4 Å². The van der Waals surface area contributed by atoms with Gasteiger partial charge in [-0.15, -0.1) is 0 Å². The molecule has 1 saturated carbocycles. The molecule has 118 valence electrons. The minimum absolute atomic E-state index is 0.249. The number of esters is 1. The standard InChI is InChI=1S/C11H17N3O7/c12-9-13-7(18)3-1-10(20,2-15)6-4(16)11(3,14-9)5(17)8(19)21-6/h3-7,15-18,20H,1-2H2,(H3,12,13,14)/t3?,4-,5-,6?,7-,10-,11-/m1/s1. The third kappa shape index (κ3) is 1.64. The molecule has 10 heteroatoms. The van der Waals surface area contributed by atoms with Crippen molar-refractivity contribution in [2.75, 3.05) is 6.61 Å². The maximum Gasteiger partial charge on any atom is 0.338 e. The molecule has 2 aliphatic heterocycles. The zero-order valence-electron chi connectivity index (χ0n) is 10.9. The van der Waals surface area contributed by atoms with E-state index in [1.54, 1.807) is 0 Å². The molecule has 7 atom stereocenters. The monoisotopic (exact) mass is 303 g/mol. The van der Waals surface area contributed by atoms with Crippen LogP contribution in [0.5, 0.6) is 0 Å². The van der Waals surface area contributed by atoms with Crippen LogP contribution in [-0.2, 0) is 9.53 Å². The number of rotatable bonds is 1. The minimum Gasteiger partial charge on any atom is -0.454 e. The molecule has 3 rings (SSSR count). The second-order valence-corrected chi connectivity index (χ2v) is 5.76. The summed E-state index contributed by atoms with van der Waals surface area (Å²) in [5.74, 6) is -2.38. The Kier molecular flexibility index (Phi) is 2.94. The molecule has 21 heavy (non-hydrogen) atoms. The van der Waals surface area contributed by atoms with Crippen LogP contribution in [-0.4, -0.2) is 79.7 Å². The number of nitrogens with zero attached hydrogens (tertiary/aromatic N) is 1. The number of carbonyl (C=O) groups is 1. The Hall–Kier alpha value is -1.46. The Labute approximate surface area is 118 Å². The fourth-order valence-corrected chi connectivity index (χ4v) is 3.58. The van der Waals surface area contributed by atoms with Crippen LogP contribution in [0.25, 0.3) is 0 Å². The first kappa shape index (κ1) is 14.5. The molecule has 2 heterocycles. The van der Waals surface area contributed by atoms with Gasteiger partial charge in [0.1, 0.15) is 17.2 Å². The van der Waals surface area contributed by atoms with E-state index in [2.05, 4.69) is 10.3 Å². The summed E-state index contributed by atoms with van der Waals surface area (Å²) in [5, 5.41) is 53.0. The summed E-state index contributed by atoms with van der Waals surface area (Å²) >= 11 is 0. The second kappa shape index (κ2) is 4.27. The van der Waals surface area contributed by atoms with Gasteiger partial charge < -0.3 is 41.3 Å². The van der Waals surface area contributed by atoms with Crippen LogP contribution in [0.3, 0.4) is 0 Å². The van der Waals surface area contributed by atoms with Crippen molar-refractivity contribution in [3.05, 3.63) is 0 Å². The molecule has 8 N–H and O–H groups in total. The summed E-state index contributed by atoms with van der Waals surface area (Å²) < 4.78 is 4.85. The van der Waals surface area contributed by atoms with E-state index in [1.807, 2.05) is 0 Å². The molecule has 2 fully saturated rings. The van der Waals surface area contributed by atoms with Gasteiger partial charge in [-0.3, -0.25) is 0 Å². The number of guanidine groups is 1. The number of carbonyl (C=O) groups excluding carboxylic acids is 1. The molecule has 1 spiro atoms. The number of nitrogens with two attached hydrogens (primary N) is 1. The number of nitrogens with one attached hydrogen (secondary N) is 1. The summed E-state index contributed by atoms with van der Waals surface area (Å²) in [4.78, 5) is 15.5. The number of aliphatic hydroxyl groups is 5. The van der Waals surface area contributed by atoms with Gasteiger partial charge in [-0.2, -0.15) is 0 Å². The van der Waals surface area contributed by atoms with Gasteiger partial charge in [0.05, 0.1) is 6.61 Å². The van der Waals surface area contributed by atoms with Crippen molar-refractivity contribution in [3.63, 3.8) is 0 Å². The Bertz CT molecular complexity index is 514. The molecular formula is C11H17N3O7. The highest BCUT2D eigenvalue weighted by molar-refractivity contribution is 5.84. The lowest BCUT2D eigenvalue weighted by Crippen LogP contribution is -2.84. The molecule has 0 radical (unpaired) electrons. The van der Waals surface area contributed by atoms with Crippen LogP contribution in [0, 0.1) is 5.92 Å². The van der Waals surface area contributed by atoms with Gasteiger partial charge in [-0.1, -0.05) is 0 Å². The summed E-state index contributed by atoms with van der Waals surface area (Å²) in [6.45, 7) is -0.795. The fourth-order valence-electron chi connectivity index (χ4n) is 3.58. The molecule has 0 aromatic rings. The molecule has 1 aliphatic carbocycles. The van der Waals surface area contributed by atoms with E-state index in [0.717, 1.165) is 0 Å². The van der Waals surface area contributed by atoms with Gasteiger partial charge in [-0.25, -0.2) is 9.79 Å². The van der Waals surface area contributed by atoms with Crippen LogP contribution in [0.1, 0.15) is 6.42 Å². The van der Waals surface area contributed by atoms with Gasteiger partial charge >= 0.3 is 5.97 Å². The average molecular weight is 303 g/mol. The van der Waals surface area contributed by atoms with Gasteiger partial charge in [0.25, 0.3) is 0 Å². The molecular weight excluding hydrogens is 286 g/mol. The predicted octanol–water partition coefficient (Wildman–Crippen LogP) is -4.65. The molecule has 1 saturated heterocycles. The molecule has 2 bridgehead atoms. The molecule has 0 aromatic carbocycles. The first-order valence-electron chi connectivity index (χ1n) is 6.45. The SMILES string of the molecule is NC1=N[C@H](O)C2C[C@@](O)(CO)C3OC(=O)[C@@H](O)[C@]2(N1)[C@@H]3O. The van der Waals surface area contributed by atoms with Crippen LogP contribution >= 0.6 is 0 Å². The second-order valence-electron chi connectivity index (χ2n) is 5.76. The lowest BCUT2D eigenvalue weighted by atomic mass is 9.59. The van der Waals surface area contributed by atoms with Crippen molar-refractivity contribution in [2.45, 2.75) is 42.1 Å². The number of fused-ring (bicyclic) bond motifs is 1. The third-order valence-corrected chi connectivity index (χ3v) is 4.66. The molecule has 10 nitrogen and oxygen atoms in total. The van der Waals surface area contributed by atoms with Crippen molar-refractivity contribution in [2.24, 2.45) is 16.6 Å². The largest absolute Gasteiger partial charge is 0.454 e. The van der Waals surface area contributed by atoms with E-state index in [9.17, 15) is 30.3 Å². The lowest BCUT2D eigenvalue weighted by molar-refractivity contribution is -0.276. The summed E-state index contributed by atoms with van der Waals surface area (Å²) in [6, 6.07) is 0. The van der Waals surface area contributed by atoms with Crippen LogP contribution in [0.4, 0.5) is 0 Å². The lowest BCUT2D eigenvalue weighted by Gasteiger charge is -2.60. The minimum atomic E-state index is -1.95. The molecule has 3 aliphatic rings. The Morgan fingerprint density at radius 2 is 2.10 bits per heavy atom. The fraction of sp³-hybridized carbons (Fsp3) is 0.818. The highest BCUT2D eigenvalue weighted by atomic mass is 16.6. The van der Waals surface area contributed by atoms with Crippen molar-refractivity contribution < 1.29 is 35.1 Å². The van der Waals surface area contributed by atoms with Crippen molar-refractivity contribution in [3.8, 4) is 0 Å². The van der Waals surface area contributed by atoms with E-state index < -0.39 is 54.2 Å². The van der Waals surface area contributed by atoms with Gasteiger partial charge in [0.2, 0.25) is 0 Å². The normalized spacial score (nSPS) is 52.3. The summed E-state index contributed by atoms with van der Waals surface area (Å²) in [6.07, 6.45) is -6.56. The maximum absolute atomic E-state index is 11.8. The maximum atomic E-state index is 11.8. The zero-order chi connectivity index (χ0) is 15.6. The van der Waals surface area contributed by atoms with E-state index >= 15 is 0 Å². The average Bonchev–Trinajstić information content (AvgIpc) is 2.42. The van der Waals surface area contributed by atoms with Crippen LogP contribution in [0.2, 0.25) is 0 Å². The first-order chi connectivity index (χ1) is 9.76. The number of hydrogen-bond acceptors (Lipinski definition) is 10. The smallest absolute Gasteiger partial charge is 0.338 e. The van der Waals surface area contributed by atoms with Gasteiger partial charge in [-0.05, 0) is 6.42 Å². The summed E-state index contributed by atoms with van der Waals surface area (Å²) in [7, 11) is 0. The third-order valence-electron chi connectivity index (χ3n) is 4.66. The van der Waals surface area contributed by atoms with E-state index in [4.69, 9.17) is 10.5 Å². The Balaban J connectivity index is 2.16. The zero-order valence-corrected chi connectivity index (χ0v) is 10.9. The Morgan fingerprint density at radius 3 is 2.71 bits per heavy atom. The predicted molar refractivity (Wildman–Crippen MR) is 65.5 cm³/mol. The van der Waals surface area contributed by atoms with E-state index in [-0.39, 0.29) is 12.4 Å². The van der Waals surface area contributed by atoms with Crippen molar-refractivity contribution in [1.82, 2.24) is 5.32 Å². The van der Waals surface area contributed by atoms with Crippen LogP contribution in [0.15, 0.2) is 4.99 Å². The first-order valence-corrected chi connectivity index (χ1v) is 6.45. The van der Waals surface area contributed by atoms with Crippen LogP contribution < -0.4 is 11.1 Å². The highest BCUT2D eigenvalue weighted by Gasteiger charge is 2.71. The Morgan fingerprint density at radius 1 is 1.43 bits per heavy atom. The molecule has 2 unspecified atom stereocenters. The quantitative estimate of drug-likeness (QED) is 0.234.